The van der Waals surface area contributed by atoms with Gasteiger partial charge in [0.25, 0.3) is 0 Å². The summed E-state index contributed by atoms with van der Waals surface area (Å²) in [6.45, 7) is 27.2. The van der Waals surface area contributed by atoms with Crippen LogP contribution in [0.4, 0.5) is 25.8 Å². The Morgan fingerprint density at radius 2 is 1.02 bits per heavy atom. The number of piperazine rings is 2. The van der Waals surface area contributed by atoms with Crippen LogP contribution in [0.2, 0.25) is 0 Å². The van der Waals surface area contributed by atoms with Gasteiger partial charge in [-0.1, -0.05) is 13.8 Å². The van der Waals surface area contributed by atoms with Gasteiger partial charge in [0.05, 0.1) is 11.0 Å². The Balaban J connectivity index is 0.000000194. The number of carbonyl (C=O) groups is 3. The summed E-state index contributed by atoms with van der Waals surface area (Å²) < 4.78 is 19.2. The molecule has 0 radical (unpaired) electrons. The lowest BCUT2D eigenvalue weighted by atomic mass is 10.1. The monoisotopic (exact) mass is 778 g/mol. The molecule has 2 aromatic heterocycles. The first-order chi connectivity index (χ1) is 26.2. The van der Waals surface area contributed by atoms with Crippen molar-refractivity contribution in [2.24, 2.45) is 0 Å². The Bertz CT molecular complexity index is 1880. The molecule has 2 aliphatic rings. The highest BCUT2D eigenvalue weighted by Gasteiger charge is 2.27. The minimum Gasteiger partial charge on any atom is -0.444 e. The van der Waals surface area contributed by atoms with E-state index in [0.29, 0.717) is 13.1 Å². The molecule has 2 fully saturated rings. The van der Waals surface area contributed by atoms with Crippen molar-refractivity contribution in [1.82, 2.24) is 30.6 Å². The molecule has 0 saturated carbocycles. The smallest absolute Gasteiger partial charge is 0.444 e. The largest absolute Gasteiger partial charge is 0.519 e. The molecule has 6 rings (SSSR count). The third-order valence-corrected chi connectivity index (χ3v) is 8.67. The Hall–Kier alpha value is -5.05. The Kier molecular flexibility index (Phi) is 14.6. The fourth-order valence-corrected chi connectivity index (χ4v) is 6.05. The van der Waals surface area contributed by atoms with E-state index in [1.807, 2.05) is 20.8 Å². The number of aryl methyl sites for hydroxylation is 2. The summed E-state index contributed by atoms with van der Waals surface area (Å²) >= 11 is 0. The molecule has 0 atom stereocenters. The molecule has 1 amide bonds. The quantitative estimate of drug-likeness (QED) is 0.106. The van der Waals surface area contributed by atoms with Crippen molar-refractivity contribution in [2.45, 2.75) is 106 Å². The van der Waals surface area contributed by atoms with Crippen molar-refractivity contribution in [1.29, 1.82) is 0 Å². The van der Waals surface area contributed by atoms with Crippen LogP contribution >= 0.6 is 0 Å². The van der Waals surface area contributed by atoms with Gasteiger partial charge in [0.15, 0.2) is 0 Å². The standard InChI is InChI=1S/C18H26N4O2.C13H18N4.C10H18O5/c1-5-15-14-7-6-13(12-16(14)20-19-15)21-8-10-22(11-9-21)17(23)24-18(2,3)4;1-2-12-11-4-3-10(9-13(11)16-15-12)17-7-5-14-6-8-17;1-9(2,3)14-7(11)13-8(12)15-10(4,5)6/h6-7,12H,5,8-11H2,1-4H3,(H,19,20);3-4,9,14H,2,5-8H2,1H3,(H,15,16);1-6H3. The lowest BCUT2D eigenvalue weighted by Crippen LogP contribution is -2.50. The van der Waals surface area contributed by atoms with Crippen molar-refractivity contribution in [3.8, 4) is 0 Å². The fraction of sp³-hybridized carbons (Fsp3) is 0.585. The number of hydrogen-bond donors (Lipinski definition) is 3. The Morgan fingerprint density at radius 3 is 1.41 bits per heavy atom. The van der Waals surface area contributed by atoms with Gasteiger partial charge in [0.2, 0.25) is 0 Å². The second kappa shape index (κ2) is 18.7. The summed E-state index contributed by atoms with van der Waals surface area (Å²) in [6, 6.07) is 13.0. The predicted molar refractivity (Wildman–Crippen MR) is 220 cm³/mol. The molecule has 0 unspecified atom stereocenters. The van der Waals surface area contributed by atoms with Crippen LogP contribution in [-0.2, 0) is 31.8 Å². The first-order valence-corrected chi connectivity index (χ1v) is 19.5. The summed E-state index contributed by atoms with van der Waals surface area (Å²) in [5.74, 6) is 0. The van der Waals surface area contributed by atoms with E-state index in [-0.39, 0.29) is 6.09 Å². The summed E-state index contributed by atoms with van der Waals surface area (Å²) in [5, 5.41) is 20.8. The van der Waals surface area contributed by atoms with Crippen LogP contribution in [0.3, 0.4) is 0 Å². The van der Waals surface area contributed by atoms with E-state index in [2.05, 4.69) is 90.5 Å². The number of H-pyrrole nitrogens is 2. The summed E-state index contributed by atoms with van der Waals surface area (Å²) in [5.41, 5.74) is 5.08. The average Bonchev–Trinajstić information content (AvgIpc) is 3.73. The van der Waals surface area contributed by atoms with Crippen molar-refractivity contribution in [2.75, 3.05) is 62.2 Å². The zero-order chi connectivity index (χ0) is 41.3. The van der Waals surface area contributed by atoms with Crippen LogP contribution in [0, 0.1) is 0 Å². The molecule has 2 aromatic carbocycles. The lowest BCUT2D eigenvalue weighted by Gasteiger charge is -2.36. The van der Waals surface area contributed by atoms with Crippen molar-refractivity contribution in [3.63, 3.8) is 0 Å². The Morgan fingerprint density at radius 1 is 0.607 bits per heavy atom. The minimum atomic E-state index is -1.06. The molecule has 4 heterocycles. The van der Waals surface area contributed by atoms with E-state index in [4.69, 9.17) is 14.2 Å². The average molecular weight is 779 g/mol. The number of aromatic nitrogens is 4. The van der Waals surface area contributed by atoms with Crippen molar-refractivity contribution < 1.29 is 33.3 Å². The lowest BCUT2D eigenvalue weighted by molar-refractivity contribution is -0.0294. The van der Waals surface area contributed by atoms with Gasteiger partial charge in [-0.3, -0.25) is 10.2 Å². The van der Waals surface area contributed by atoms with Gasteiger partial charge in [-0.2, -0.15) is 10.2 Å². The third kappa shape index (κ3) is 13.3. The number of benzene rings is 2. The number of nitrogens with zero attached hydrogens (tertiary/aromatic N) is 5. The molecule has 2 saturated heterocycles. The zero-order valence-electron chi connectivity index (χ0n) is 35.1. The first-order valence-electron chi connectivity index (χ1n) is 19.5. The number of hydrogen-bond acceptors (Lipinski definition) is 12. The molecular formula is C41H62N8O7. The van der Waals surface area contributed by atoms with Crippen LogP contribution in [0.25, 0.3) is 21.8 Å². The second-order valence-electron chi connectivity index (χ2n) is 16.7. The molecule has 56 heavy (non-hydrogen) atoms. The second-order valence-corrected chi connectivity index (χ2v) is 16.7. The molecule has 308 valence electrons. The maximum atomic E-state index is 12.1. The normalized spacial score (nSPS) is 15.0. The van der Waals surface area contributed by atoms with Crippen LogP contribution in [0.15, 0.2) is 36.4 Å². The maximum absolute atomic E-state index is 12.1. The number of fused-ring (bicyclic) bond motifs is 2. The molecule has 0 aliphatic carbocycles. The molecule has 15 nitrogen and oxygen atoms in total. The number of anilines is 2. The molecule has 2 aliphatic heterocycles. The van der Waals surface area contributed by atoms with Crippen LogP contribution in [0.1, 0.15) is 87.5 Å². The van der Waals surface area contributed by atoms with Crippen molar-refractivity contribution >= 4 is 51.6 Å². The highest BCUT2D eigenvalue weighted by molar-refractivity contribution is 5.85. The SMILES string of the molecule is CC(C)(C)OC(=O)OC(=O)OC(C)(C)C.CCc1[nH]nc2cc(N3CCN(C(=O)OC(C)(C)C)CC3)ccc12.CCc1[nH]nc2cc(N3CCNCC3)ccc12. The van der Waals surface area contributed by atoms with Gasteiger partial charge in [0, 0.05) is 85.9 Å². The van der Waals surface area contributed by atoms with Gasteiger partial charge in [-0.15, -0.1) is 0 Å². The van der Waals surface area contributed by atoms with Crippen molar-refractivity contribution in [3.05, 3.63) is 47.8 Å². The van der Waals surface area contributed by atoms with Gasteiger partial charge in [0.1, 0.15) is 16.8 Å². The minimum absolute atomic E-state index is 0.225. The summed E-state index contributed by atoms with van der Waals surface area (Å²) in [7, 11) is 0. The van der Waals surface area contributed by atoms with Gasteiger partial charge >= 0.3 is 18.4 Å². The van der Waals surface area contributed by atoms with Crippen LogP contribution in [0.5, 0.6) is 0 Å². The highest BCUT2D eigenvalue weighted by Crippen LogP contribution is 2.26. The molecule has 15 heteroatoms. The van der Waals surface area contributed by atoms with E-state index in [9.17, 15) is 14.4 Å². The molecular weight excluding hydrogens is 716 g/mol. The molecule has 3 N–H and O–H groups in total. The number of rotatable bonds is 4. The van der Waals surface area contributed by atoms with Gasteiger partial charge < -0.3 is 39.0 Å². The van der Waals surface area contributed by atoms with E-state index in [1.165, 1.54) is 27.8 Å². The topological polar surface area (TPSA) is 167 Å². The van der Waals surface area contributed by atoms with E-state index < -0.39 is 29.1 Å². The first kappa shape index (κ1) is 43.7. The van der Waals surface area contributed by atoms with E-state index in [0.717, 1.165) is 68.8 Å². The predicted octanol–water partition coefficient (Wildman–Crippen LogP) is 7.59. The zero-order valence-corrected chi connectivity index (χ0v) is 35.1. The number of nitrogens with one attached hydrogen (secondary N) is 3. The van der Waals surface area contributed by atoms with Gasteiger partial charge in [-0.05, 0) is 112 Å². The summed E-state index contributed by atoms with van der Waals surface area (Å²) in [4.78, 5) is 40.6. The third-order valence-electron chi connectivity index (χ3n) is 8.67. The molecule has 4 aromatic rings. The maximum Gasteiger partial charge on any atom is 0.519 e. The Labute approximate surface area is 330 Å². The highest BCUT2D eigenvalue weighted by atomic mass is 16.8. The van der Waals surface area contributed by atoms with E-state index >= 15 is 0 Å². The summed E-state index contributed by atoms with van der Waals surface area (Å²) in [6.07, 6.45) is -0.389. The number of aromatic amines is 2. The number of amides is 1. The van der Waals surface area contributed by atoms with Crippen LogP contribution in [-0.4, -0.2) is 113 Å². The number of ether oxygens (including phenoxy) is 4. The molecule has 0 spiro atoms. The fourth-order valence-electron chi connectivity index (χ4n) is 6.05. The molecule has 0 bridgehead atoms. The van der Waals surface area contributed by atoms with E-state index in [1.54, 1.807) is 46.4 Å². The van der Waals surface area contributed by atoms with Gasteiger partial charge in [-0.25, -0.2) is 14.4 Å². The number of carbonyl (C=O) groups excluding carboxylic acids is 3. The van der Waals surface area contributed by atoms with Crippen LogP contribution < -0.4 is 15.1 Å².